The van der Waals surface area contributed by atoms with Crippen molar-refractivity contribution in [3.8, 4) is 6.07 Å². The summed E-state index contributed by atoms with van der Waals surface area (Å²) in [5, 5.41) is 12.1. The van der Waals surface area contributed by atoms with Crippen LogP contribution in [-0.2, 0) is 49.3 Å². The Labute approximate surface area is 353 Å². The number of rotatable bonds is 25. The monoisotopic (exact) mass is 873 g/mol. The van der Waals surface area contributed by atoms with Gasteiger partial charge in [-0.3, -0.25) is 18.4 Å². The average molecular weight is 874 g/mol. The van der Waals surface area contributed by atoms with Crippen LogP contribution >= 0.6 is 19.6 Å². The van der Waals surface area contributed by atoms with Gasteiger partial charge < -0.3 is 19.1 Å². The summed E-state index contributed by atoms with van der Waals surface area (Å²) in [7, 11) is -4.13. The molecule has 0 amide bonds. The topological polar surface area (TPSA) is 147 Å². The summed E-state index contributed by atoms with van der Waals surface area (Å²) in [6.07, 6.45) is 10.2. The minimum Gasteiger partial charge on any atom is -0.451 e. The number of thioether (sulfide) groups is 1. The van der Waals surface area contributed by atoms with Gasteiger partial charge in [0.1, 0.15) is 30.1 Å². The highest BCUT2D eigenvalue weighted by Crippen LogP contribution is 2.51. The van der Waals surface area contributed by atoms with Gasteiger partial charge in [0.15, 0.2) is 11.9 Å². The number of likely N-dealkylation sites (N-methyl/N-ethyl adjacent to an activating group) is 1. The normalized spacial score (nSPS) is 18.0. The van der Waals surface area contributed by atoms with Crippen LogP contribution in [0.4, 0.5) is 13.2 Å². The van der Waals surface area contributed by atoms with Crippen LogP contribution in [0.2, 0.25) is 0 Å². The lowest BCUT2D eigenvalue weighted by Gasteiger charge is -2.40. The fourth-order valence-corrected chi connectivity index (χ4v) is 8.84. The lowest BCUT2D eigenvalue weighted by atomic mass is 9.89. The molecule has 3 aromatic rings. The predicted octanol–water partition coefficient (Wildman–Crippen LogP) is 8.16. The van der Waals surface area contributed by atoms with Gasteiger partial charge in [-0.05, 0) is 56.8 Å². The van der Waals surface area contributed by atoms with E-state index < -0.39 is 54.5 Å². The molecule has 1 fully saturated rings. The van der Waals surface area contributed by atoms with Gasteiger partial charge in [-0.15, -0.1) is 24.9 Å². The van der Waals surface area contributed by atoms with E-state index in [0.717, 1.165) is 18.2 Å². The number of benzene rings is 2. The summed E-state index contributed by atoms with van der Waals surface area (Å²) in [6, 6.07) is 9.14. The highest BCUT2D eigenvalue weighted by Gasteiger charge is 2.47. The van der Waals surface area contributed by atoms with Gasteiger partial charge in [0.25, 0.3) is 0 Å². The van der Waals surface area contributed by atoms with Crippen molar-refractivity contribution in [3.05, 3.63) is 127 Å². The number of nitrogens with zero attached hydrogens (tertiary/aromatic N) is 5. The highest BCUT2D eigenvalue weighted by atomic mass is 32.2. The Bertz CT molecular complexity index is 1990. The molecule has 2 heterocycles. The number of hydrogen-bond acceptors (Lipinski definition) is 13. The number of carbonyl (C=O) groups excluding carboxylic acids is 1. The van der Waals surface area contributed by atoms with E-state index in [0.29, 0.717) is 18.7 Å². The highest BCUT2D eigenvalue weighted by molar-refractivity contribution is 8.00. The van der Waals surface area contributed by atoms with Crippen molar-refractivity contribution in [2.45, 2.75) is 68.7 Å². The van der Waals surface area contributed by atoms with E-state index in [1.165, 1.54) is 59.4 Å². The first-order chi connectivity index (χ1) is 28.9. The maximum absolute atomic E-state index is 16.0. The summed E-state index contributed by atoms with van der Waals surface area (Å²) in [5.41, 5.74) is -1.34. The van der Waals surface area contributed by atoms with Crippen molar-refractivity contribution in [2.24, 2.45) is 0 Å². The molecular formula is C42H51F3N5O8PS. The quantitative estimate of drug-likeness (QED) is 0.0349. The zero-order chi connectivity index (χ0) is 43.5. The Kier molecular flexibility index (Phi) is 19.5. The van der Waals surface area contributed by atoms with Crippen molar-refractivity contribution in [3.63, 3.8) is 0 Å². The molecule has 1 aliphatic rings. The lowest BCUT2D eigenvalue weighted by Crippen LogP contribution is -2.47. The molecular weight excluding hydrogens is 823 g/mol. The van der Waals surface area contributed by atoms with E-state index in [1.54, 1.807) is 31.2 Å². The van der Waals surface area contributed by atoms with Gasteiger partial charge >= 0.3 is 13.8 Å². The summed E-state index contributed by atoms with van der Waals surface area (Å²) < 4.78 is 94.6. The summed E-state index contributed by atoms with van der Waals surface area (Å²) in [6.45, 7) is 14.4. The summed E-state index contributed by atoms with van der Waals surface area (Å²) in [4.78, 5) is 20.1. The minimum atomic E-state index is -4.13. The van der Waals surface area contributed by atoms with E-state index in [-0.39, 0.29) is 68.7 Å². The molecule has 1 unspecified atom stereocenters. The Morgan fingerprint density at radius 3 is 2.42 bits per heavy atom. The molecule has 0 N–H and O–H groups in total. The molecule has 3 atom stereocenters. The molecule has 0 spiro atoms. The number of phosphoric acid groups is 1. The zero-order valence-corrected chi connectivity index (χ0v) is 35.6. The van der Waals surface area contributed by atoms with Crippen LogP contribution in [0.1, 0.15) is 50.3 Å². The predicted molar refractivity (Wildman–Crippen MR) is 222 cm³/mol. The van der Waals surface area contributed by atoms with Crippen LogP contribution in [0.3, 0.4) is 0 Å². The van der Waals surface area contributed by atoms with Gasteiger partial charge in [-0.2, -0.15) is 10.4 Å². The summed E-state index contributed by atoms with van der Waals surface area (Å²) in [5.74, 6) is -3.03. The molecule has 13 nitrogen and oxygen atoms in total. The maximum Gasteiger partial charge on any atom is 0.475 e. The minimum absolute atomic E-state index is 0.0118. The number of ether oxygens (including phenoxy) is 3. The van der Waals surface area contributed by atoms with E-state index in [2.05, 4.69) is 23.2 Å². The number of phosphoric ester groups is 1. The van der Waals surface area contributed by atoms with E-state index in [9.17, 15) is 18.1 Å². The van der Waals surface area contributed by atoms with Crippen LogP contribution in [-0.4, -0.2) is 94.6 Å². The first kappa shape index (κ1) is 48.3. The molecule has 0 aliphatic carbocycles. The van der Waals surface area contributed by atoms with Crippen LogP contribution < -0.4 is 0 Å². The number of carbonyl (C=O) groups is 1. The number of nitriles is 1. The maximum atomic E-state index is 16.0. The molecule has 1 aliphatic heterocycles. The van der Waals surface area contributed by atoms with Gasteiger partial charge in [-0.1, -0.05) is 50.3 Å². The van der Waals surface area contributed by atoms with Crippen LogP contribution in [0.15, 0.2) is 92.6 Å². The Balaban J connectivity index is 1.55. The smallest absolute Gasteiger partial charge is 0.451 e. The molecule has 60 heavy (non-hydrogen) atoms. The number of halogens is 3. The number of allylic oxidation sites excluding steroid dienone is 2. The SMILES string of the molecule is C=CCOP(=O)(OCC=C)OC(CCC(=O)O[C@@](Cn1cncn1)(c1ccc(F)cc1F)[C@@H](C)S[C@H]1CO[C@H](C=CC=Cc2ccc(C#N)cc2F)OC1)CN(CC)CC. The van der Waals surface area contributed by atoms with Crippen molar-refractivity contribution < 1.29 is 50.3 Å². The molecule has 1 aromatic heterocycles. The van der Waals surface area contributed by atoms with E-state index in [4.69, 9.17) is 33.0 Å². The molecule has 2 aromatic carbocycles. The van der Waals surface area contributed by atoms with Crippen molar-refractivity contribution >= 4 is 31.6 Å². The number of aromatic nitrogens is 3. The van der Waals surface area contributed by atoms with Crippen LogP contribution in [0, 0.1) is 28.8 Å². The van der Waals surface area contributed by atoms with Crippen LogP contribution in [0.25, 0.3) is 6.08 Å². The molecule has 324 valence electrons. The number of hydrogen-bond donors (Lipinski definition) is 0. The Hall–Kier alpha value is -4.37. The second-order valence-electron chi connectivity index (χ2n) is 13.5. The lowest BCUT2D eigenvalue weighted by molar-refractivity contribution is -0.164. The zero-order valence-electron chi connectivity index (χ0n) is 33.9. The van der Waals surface area contributed by atoms with Gasteiger partial charge in [0, 0.05) is 35.4 Å². The van der Waals surface area contributed by atoms with E-state index >= 15 is 4.39 Å². The van der Waals surface area contributed by atoms with Crippen molar-refractivity contribution in [1.82, 2.24) is 19.7 Å². The van der Waals surface area contributed by atoms with Crippen molar-refractivity contribution in [1.29, 1.82) is 5.26 Å². The standard InChI is InChI=1S/C42H51F3N5O8PS/c1-6-20-55-59(52,56-21-7-2)58-35(25-49(8-3)9-4)17-19-40(51)57-42(28-50-30-47-29-48-50,37-18-16-34(43)23-39(37)45)31(5)60-36-26-53-41(54-27-36)13-11-10-12-33-15-14-32(24-46)22-38(33)44/h6-7,10-16,18,22-23,29-31,35-36,41H,1-2,8-9,17,19-21,25-28H2,3-5H3/t31-,35?,36-,41-,42-/m1/s1. The fourth-order valence-electron chi connectivity index (χ4n) is 6.17. The molecule has 0 saturated carbocycles. The average Bonchev–Trinajstić information content (AvgIpc) is 3.75. The largest absolute Gasteiger partial charge is 0.475 e. The third kappa shape index (κ3) is 14.4. The first-order valence-corrected chi connectivity index (χ1v) is 21.7. The Morgan fingerprint density at radius 2 is 1.82 bits per heavy atom. The summed E-state index contributed by atoms with van der Waals surface area (Å²) >= 11 is 1.32. The van der Waals surface area contributed by atoms with Gasteiger partial charge in [-0.25, -0.2) is 27.4 Å². The second kappa shape index (κ2) is 24.2. The third-order valence-corrected chi connectivity index (χ3v) is 12.2. The molecule has 4 rings (SSSR count). The molecule has 18 heteroatoms. The molecule has 0 radical (unpaired) electrons. The van der Waals surface area contributed by atoms with Crippen LogP contribution in [0.5, 0.6) is 0 Å². The second-order valence-corrected chi connectivity index (χ2v) is 16.7. The Morgan fingerprint density at radius 1 is 1.10 bits per heavy atom. The third-order valence-electron chi connectivity index (χ3n) is 9.28. The molecule has 0 bridgehead atoms. The fraction of sp³-hybridized carbons (Fsp3) is 0.429. The molecule has 1 saturated heterocycles. The van der Waals surface area contributed by atoms with E-state index in [1.807, 2.05) is 24.8 Å². The van der Waals surface area contributed by atoms with Crippen molar-refractivity contribution in [2.75, 3.05) is 46.1 Å². The number of esters is 1. The first-order valence-electron chi connectivity index (χ1n) is 19.3. The van der Waals surface area contributed by atoms with Gasteiger partial charge in [0.05, 0.1) is 56.0 Å². The van der Waals surface area contributed by atoms with Gasteiger partial charge in [0.2, 0.25) is 0 Å².